The van der Waals surface area contributed by atoms with E-state index in [0.717, 1.165) is 94.8 Å². The van der Waals surface area contributed by atoms with Gasteiger partial charge in [0.05, 0.1) is 6.10 Å². The van der Waals surface area contributed by atoms with Gasteiger partial charge in [-0.1, -0.05) is 121 Å². The number of pyridine rings is 3. The Labute approximate surface area is 559 Å². The van der Waals surface area contributed by atoms with Gasteiger partial charge in [0.15, 0.2) is 0 Å². The molecule has 6 fully saturated rings. The fourth-order valence-corrected chi connectivity index (χ4v) is 22.0. The Hall–Kier alpha value is -2.15. The van der Waals surface area contributed by atoms with E-state index in [1.165, 1.54) is 120 Å². The zero-order valence-electron chi connectivity index (χ0n) is 52.8. The molecule has 18 atom stereocenters. The van der Waals surface area contributed by atoms with E-state index in [9.17, 15) is 15.2 Å². The van der Waals surface area contributed by atoms with Gasteiger partial charge < -0.3 is 15.2 Å². The van der Waals surface area contributed by atoms with E-state index in [0.29, 0.717) is 33.0 Å². The SMILES string of the molecule is Brc1cccnc1.C[C@H]1CC[C@@]2(C)C(=CCC3C2CC[C@]2(C)C(B(O)O)=CCC32)C1.C[C@H]1CC[C@@]2(C)C(=CCC3C2CC[C@]2(C)C(c4cccnc4)=CCC32)C1.C[C@]12CC[C@H](O)CC1=CCC1C2CC[C@]2(C)C(c3cccnc3)=CCC12.Cl.Cl.Cl.[Pd]. The number of rotatable bonds is 3. The van der Waals surface area contributed by atoms with Gasteiger partial charge in [0.25, 0.3) is 0 Å². The van der Waals surface area contributed by atoms with Gasteiger partial charge in [0.2, 0.25) is 0 Å². The third-order valence-corrected chi connectivity index (χ3v) is 26.9. The molecule has 0 aliphatic heterocycles. The maximum atomic E-state index is 10.2. The smallest absolute Gasteiger partial charge is 0.423 e. The van der Waals surface area contributed by atoms with Crippen LogP contribution in [0.3, 0.4) is 0 Å². The molecule has 0 spiro atoms. The van der Waals surface area contributed by atoms with Gasteiger partial charge >= 0.3 is 7.12 Å². The van der Waals surface area contributed by atoms with Crippen LogP contribution in [0, 0.1) is 97.6 Å². The Balaban J connectivity index is 0.000000155. The van der Waals surface area contributed by atoms with Gasteiger partial charge in [0, 0.05) is 62.1 Å². The molecule has 3 heterocycles. The van der Waals surface area contributed by atoms with E-state index in [-0.39, 0.29) is 69.2 Å². The summed E-state index contributed by atoms with van der Waals surface area (Å²) in [6.45, 7) is 19.9. The van der Waals surface area contributed by atoms with Crippen LogP contribution in [0.5, 0.6) is 0 Å². The summed E-state index contributed by atoms with van der Waals surface area (Å²) in [6, 6.07) is 12.5. The van der Waals surface area contributed by atoms with Crippen molar-refractivity contribution < 1.29 is 35.6 Å². The van der Waals surface area contributed by atoms with E-state index >= 15 is 0 Å². The number of nitrogens with zero attached hydrogens (tertiary/aromatic N) is 3. The molecule has 0 aromatic carbocycles. The minimum Gasteiger partial charge on any atom is -0.423 e. The summed E-state index contributed by atoms with van der Waals surface area (Å²) in [7, 11) is -1.26. The number of hydrogen-bond donors (Lipinski definition) is 3. The van der Waals surface area contributed by atoms with Gasteiger partial charge in [-0.05, 0) is 300 Å². The number of aliphatic hydroxyl groups excluding tert-OH is 1. The molecular formula is C74H102BBrCl3N3O3Pd. The maximum absolute atomic E-state index is 10.2. The monoisotopic (exact) mass is 1380 g/mol. The summed E-state index contributed by atoms with van der Waals surface area (Å²) in [4.78, 5) is 12.6. The molecule has 472 valence electrons. The first-order valence-electron chi connectivity index (χ1n) is 32.9. The molecule has 0 radical (unpaired) electrons. The van der Waals surface area contributed by atoms with Crippen LogP contribution in [-0.4, -0.2) is 43.3 Å². The second-order valence-electron chi connectivity index (χ2n) is 30.4. The molecule has 9 unspecified atom stereocenters. The van der Waals surface area contributed by atoms with Crippen LogP contribution in [-0.2, 0) is 20.4 Å². The number of halogens is 4. The summed E-state index contributed by atoms with van der Waals surface area (Å²) < 4.78 is 1.02. The van der Waals surface area contributed by atoms with Crippen molar-refractivity contribution in [1.29, 1.82) is 0 Å². The van der Waals surface area contributed by atoms with Gasteiger partial charge in [-0.15, -0.1) is 37.2 Å². The average molecular weight is 1390 g/mol. The van der Waals surface area contributed by atoms with Crippen molar-refractivity contribution >= 4 is 71.4 Å². The van der Waals surface area contributed by atoms with Gasteiger partial charge in [-0.25, -0.2) is 0 Å². The summed E-state index contributed by atoms with van der Waals surface area (Å²) >= 11 is 3.25. The molecule has 0 amide bonds. The minimum absolute atomic E-state index is 0. The number of allylic oxidation sites excluding steroid dienone is 11. The Morgan fingerprint density at radius 2 is 0.814 bits per heavy atom. The largest absolute Gasteiger partial charge is 0.484 e. The Morgan fingerprint density at radius 3 is 1.20 bits per heavy atom. The summed E-state index contributed by atoms with van der Waals surface area (Å²) in [6.07, 6.45) is 52.7. The third-order valence-electron chi connectivity index (χ3n) is 26.4. The molecule has 12 heteroatoms. The van der Waals surface area contributed by atoms with E-state index < -0.39 is 7.12 Å². The van der Waals surface area contributed by atoms with E-state index in [2.05, 4.69) is 153 Å². The third kappa shape index (κ3) is 12.4. The number of fused-ring (bicyclic) bond motifs is 15. The summed E-state index contributed by atoms with van der Waals surface area (Å²) in [5.41, 5.74) is 13.8. The zero-order chi connectivity index (χ0) is 57.4. The molecule has 6 nitrogen and oxygen atoms in total. The van der Waals surface area contributed by atoms with Crippen LogP contribution in [0.25, 0.3) is 11.1 Å². The van der Waals surface area contributed by atoms with E-state index in [4.69, 9.17) is 0 Å². The number of aromatic nitrogens is 3. The van der Waals surface area contributed by atoms with Crippen molar-refractivity contribution in [3.8, 4) is 0 Å². The predicted octanol–water partition coefficient (Wildman–Crippen LogP) is 19.3. The minimum atomic E-state index is -1.26. The average Bonchev–Trinajstić information content (AvgIpc) is 1.36. The Kier molecular flexibility index (Phi) is 22.4. The van der Waals surface area contributed by atoms with Crippen LogP contribution >= 0.6 is 53.2 Å². The first-order valence-corrected chi connectivity index (χ1v) is 33.7. The van der Waals surface area contributed by atoms with Crippen molar-refractivity contribution in [1.82, 2.24) is 15.0 Å². The van der Waals surface area contributed by atoms with Crippen LogP contribution in [0.1, 0.15) is 201 Å². The topological polar surface area (TPSA) is 99.4 Å². The second-order valence-corrected chi connectivity index (χ2v) is 31.3. The zero-order valence-corrected chi connectivity index (χ0v) is 58.4. The molecule has 6 saturated carbocycles. The maximum Gasteiger partial charge on any atom is 0.484 e. The molecule has 12 aliphatic rings. The first-order chi connectivity index (χ1) is 39.3. The first kappa shape index (κ1) is 69.7. The van der Waals surface area contributed by atoms with Crippen molar-refractivity contribution in [2.75, 3.05) is 0 Å². The van der Waals surface area contributed by atoms with Gasteiger partial charge in [0.1, 0.15) is 0 Å². The fourth-order valence-electron chi connectivity index (χ4n) is 21.7. The van der Waals surface area contributed by atoms with Crippen LogP contribution in [0.4, 0.5) is 0 Å². The van der Waals surface area contributed by atoms with E-state index in [1.54, 1.807) is 34.7 Å². The Bertz CT molecular complexity index is 2890. The van der Waals surface area contributed by atoms with Crippen LogP contribution in [0.15, 0.2) is 137 Å². The van der Waals surface area contributed by atoms with E-state index in [1.807, 2.05) is 36.3 Å². The Morgan fingerprint density at radius 1 is 0.442 bits per heavy atom. The molecule has 15 rings (SSSR count). The van der Waals surface area contributed by atoms with Crippen molar-refractivity contribution in [2.45, 2.75) is 196 Å². The number of aliphatic hydroxyl groups is 1. The molecule has 3 aromatic rings. The van der Waals surface area contributed by atoms with Gasteiger partial charge in [-0.2, -0.15) is 0 Å². The second kappa shape index (κ2) is 27.6. The van der Waals surface area contributed by atoms with Gasteiger partial charge in [-0.3, -0.25) is 15.0 Å². The van der Waals surface area contributed by atoms with Crippen molar-refractivity contribution in [2.24, 2.45) is 97.6 Å². The summed E-state index contributed by atoms with van der Waals surface area (Å²) in [5.74, 6) is 8.85. The molecular weight excluding hydrogens is 1280 g/mol. The predicted molar refractivity (Wildman–Crippen MR) is 362 cm³/mol. The standard InChI is InChI=1S/C25H33N.C24H31NO.C20H31BO2.C5H4BrN.3ClH.Pd/c1-17-10-12-24(2)19(15-17)6-7-20-22-9-8-21(18-5-4-14-26-16-18)25(22,3)13-11-23(20)24;1-23-11-9-18(26)14-17(23)5-6-19-21-8-7-20(16-4-3-13-25-15-16)24(21,2)12-10-22(19)23;1-13-8-10-19(2)14(12-13)4-5-15-16-6-7-18(21(22)23)20(16,3)11-9-17(15)19;6-5-2-1-3-7-4-5;;;;/h4-6,8,14,16-17,20,22-23H,7,9-13,15H2,1-3H3;3-5,7,13,15,18-19,21-22,26H,6,8-12,14H2,1-2H3;4,7,13,15-17,22-23H,5-6,8-12H2,1-3H3;1-4H;3*1H;/t17-,20?,22?,23?,24-,25+;18-,19?,21?,22?,23-,24+;13-,15?,16?,17?,19-,20-;;;;;/m000...../s1. The fraction of sp³-hybridized carbons (Fsp3) is 0.635. The molecule has 3 aromatic heterocycles. The van der Waals surface area contributed by atoms with Crippen molar-refractivity contribution in [3.05, 3.63) is 148 Å². The number of hydrogen-bond acceptors (Lipinski definition) is 6. The summed E-state index contributed by atoms with van der Waals surface area (Å²) in [5, 5.41) is 29.7. The molecule has 0 bridgehead atoms. The molecule has 86 heavy (non-hydrogen) atoms. The molecule has 0 saturated heterocycles. The molecule has 12 aliphatic carbocycles. The van der Waals surface area contributed by atoms with Crippen LogP contribution < -0.4 is 0 Å². The normalized spacial score (nSPS) is 40.6. The van der Waals surface area contributed by atoms with Crippen molar-refractivity contribution in [3.63, 3.8) is 0 Å². The molecule has 3 N–H and O–H groups in total. The van der Waals surface area contributed by atoms with Crippen LogP contribution in [0.2, 0.25) is 0 Å². The quantitative estimate of drug-likeness (QED) is 0.179.